The second kappa shape index (κ2) is 7.40. The Morgan fingerprint density at radius 3 is 2.91 bits per heavy atom. The van der Waals surface area contributed by atoms with E-state index in [9.17, 15) is 0 Å². The third kappa shape index (κ3) is 4.18. The molecule has 0 amide bonds. The molecular formula is C17H25N3OS. The molecule has 2 aromatic rings. The van der Waals surface area contributed by atoms with Gasteiger partial charge >= 0.3 is 0 Å². The summed E-state index contributed by atoms with van der Waals surface area (Å²) in [5.41, 5.74) is 2.67. The van der Waals surface area contributed by atoms with Crippen LogP contribution in [0.2, 0.25) is 0 Å². The second-order valence-corrected chi connectivity index (χ2v) is 7.14. The van der Waals surface area contributed by atoms with Crippen LogP contribution in [0.5, 0.6) is 0 Å². The maximum absolute atomic E-state index is 5.82. The Labute approximate surface area is 136 Å². The molecule has 22 heavy (non-hydrogen) atoms. The average Bonchev–Trinajstić information content (AvgIpc) is 3.19. The van der Waals surface area contributed by atoms with E-state index in [2.05, 4.69) is 46.9 Å². The van der Waals surface area contributed by atoms with Crippen LogP contribution < -0.4 is 0 Å². The fraction of sp³-hybridized carbons (Fsp3) is 0.588. The molecule has 0 aromatic carbocycles. The molecule has 0 aliphatic carbocycles. The van der Waals surface area contributed by atoms with Gasteiger partial charge in [-0.05, 0) is 49.1 Å². The van der Waals surface area contributed by atoms with Crippen LogP contribution >= 0.6 is 11.3 Å². The van der Waals surface area contributed by atoms with Gasteiger partial charge in [0.2, 0.25) is 0 Å². The molecule has 1 atom stereocenters. The summed E-state index contributed by atoms with van der Waals surface area (Å²) in [5, 5.41) is 8.84. The van der Waals surface area contributed by atoms with Crippen molar-refractivity contribution < 1.29 is 4.74 Å². The van der Waals surface area contributed by atoms with Gasteiger partial charge in [0, 0.05) is 44.0 Å². The number of hydrogen-bond acceptors (Lipinski definition) is 4. The standard InChI is InChI=1S/C17H25N3OS/c1-14(2)20-11-16(8-18-20)10-19(9-15-5-7-22-13-15)12-17-4-3-6-21-17/h5,7-8,11,13-14,17H,3-4,6,9-10,12H2,1-2H3/t17-/m1/s1. The first-order valence-electron chi connectivity index (χ1n) is 8.09. The molecule has 5 heteroatoms. The quantitative estimate of drug-likeness (QED) is 0.779. The Kier molecular flexibility index (Phi) is 5.28. The summed E-state index contributed by atoms with van der Waals surface area (Å²) in [6, 6.07) is 2.63. The van der Waals surface area contributed by atoms with Crippen LogP contribution in [-0.2, 0) is 17.8 Å². The molecule has 2 aromatic heterocycles. The maximum Gasteiger partial charge on any atom is 0.0703 e. The van der Waals surface area contributed by atoms with E-state index in [1.807, 2.05) is 10.9 Å². The number of aromatic nitrogens is 2. The molecule has 1 aliphatic heterocycles. The van der Waals surface area contributed by atoms with Crippen LogP contribution in [0.15, 0.2) is 29.2 Å². The zero-order chi connectivity index (χ0) is 15.4. The van der Waals surface area contributed by atoms with E-state index in [0.717, 1.165) is 26.2 Å². The molecule has 0 unspecified atom stereocenters. The largest absolute Gasteiger partial charge is 0.377 e. The van der Waals surface area contributed by atoms with Crippen molar-refractivity contribution in [2.45, 2.75) is 51.9 Å². The Morgan fingerprint density at radius 2 is 2.27 bits per heavy atom. The lowest BCUT2D eigenvalue weighted by molar-refractivity contribution is 0.0679. The van der Waals surface area contributed by atoms with Gasteiger partial charge in [-0.25, -0.2) is 0 Å². The molecule has 3 heterocycles. The van der Waals surface area contributed by atoms with Crippen LogP contribution in [0, 0.1) is 0 Å². The summed E-state index contributed by atoms with van der Waals surface area (Å²) >= 11 is 1.76. The minimum Gasteiger partial charge on any atom is -0.377 e. The molecule has 1 fully saturated rings. The highest BCUT2D eigenvalue weighted by Gasteiger charge is 2.20. The fourth-order valence-electron chi connectivity index (χ4n) is 2.90. The van der Waals surface area contributed by atoms with Gasteiger partial charge in [-0.1, -0.05) is 0 Å². The molecule has 120 valence electrons. The van der Waals surface area contributed by atoms with Crippen molar-refractivity contribution in [3.8, 4) is 0 Å². The van der Waals surface area contributed by atoms with Crippen molar-refractivity contribution in [3.63, 3.8) is 0 Å². The van der Waals surface area contributed by atoms with Gasteiger partial charge in [-0.15, -0.1) is 0 Å². The first kappa shape index (κ1) is 15.7. The lowest BCUT2D eigenvalue weighted by Gasteiger charge is -2.24. The Hall–Kier alpha value is -1.17. The molecule has 1 saturated heterocycles. The van der Waals surface area contributed by atoms with E-state index in [1.54, 1.807) is 11.3 Å². The number of nitrogens with zero attached hydrogens (tertiary/aromatic N) is 3. The predicted molar refractivity (Wildman–Crippen MR) is 90.0 cm³/mol. The van der Waals surface area contributed by atoms with Crippen molar-refractivity contribution in [3.05, 3.63) is 40.3 Å². The predicted octanol–water partition coefficient (Wildman–Crippen LogP) is 3.71. The highest BCUT2D eigenvalue weighted by Crippen LogP contribution is 2.18. The van der Waals surface area contributed by atoms with Crippen LogP contribution in [0.4, 0.5) is 0 Å². The summed E-state index contributed by atoms with van der Waals surface area (Å²) in [4.78, 5) is 2.49. The Bertz CT molecular complexity index is 558. The van der Waals surface area contributed by atoms with Gasteiger partial charge in [0.05, 0.1) is 12.3 Å². The highest BCUT2D eigenvalue weighted by atomic mass is 32.1. The average molecular weight is 319 g/mol. The zero-order valence-corrected chi connectivity index (χ0v) is 14.3. The second-order valence-electron chi connectivity index (χ2n) is 6.36. The number of hydrogen-bond donors (Lipinski definition) is 0. The SMILES string of the molecule is CC(C)n1cc(CN(Cc2ccsc2)C[C@H]2CCCO2)cn1. The summed E-state index contributed by atoms with van der Waals surface area (Å²) in [5.74, 6) is 0. The summed E-state index contributed by atoms with van der Waals surface area (Å²) in [6.07, 6.45) is 6.93. The van der Waals surface area contributed by atoms with Crippen molar-refractivity contribution in [1.82, 2.24) is 14.7 Å². The molecule has 4 nitrogen and oxygen atoms in total. The zero-order valence-electron chi connectivity index (χ0n) is 13.4. The highest BCUT2D eigenvalue weighted by molar-refractivity contribution is 7.07. The lowest BCUT2D eigenvalue weighted by atomic mass is 10.2. The van der Waals surface area contributed by atoms with Gasteiger partial charge in [-0.2, -0.15) is 16.4 Å². The van der Waals surface area contributed by atoms with Crippen molar-refractivity contribution in [1.29, 1.82) is 0 Å². The minimum absolute atomic E-state index is 0.388. The van der Waals surface area contributed by atoms with Crippen molar-refractivity contribution in [2.75, 3.05) is 13.2 Å². The molecule has 0 N–H and O–H groups in total. The third-order valence-electron chi connectivity index (χ3n) is 4.06. The Morgan fingerprint density at radius 1 is 1.41 bits per heavy atom. The van der Waals surface area contributed by atoms with E-state index in [-0.39, 0.29) is 0 Å². The van der Waals surface area contributed by atoms with Crippen molar-refractivity contribution in [2.24, 2.45) is 0 Å². The Balaban J connectivity index is 1.65. The smallest absolute Gasteiger partial charge is 0.0703 e. The van der Waals surface area contributed by atoms with Crippen LogP contribution in [0.25, 0.3) is 0 Å². The van der Waals surface area contributed by atoms with E-state index >= 15 is 0 Å². The fourth-order valence-corrected chi connectivity index (χ4v) is 3.56. The van der Waals surface area contributed by atoms with Gasteiger partial charge in [0.15, 0.2) is 0 Å². The van der Waals surface area contributed by atoms with E-state index in [1.165, 1.54) is 24.0 Å². The van der Waals surface area contributed by atoms with Crippen molar-refractivity contribution >= 4 is 11.3 Å². The van der Waals surface area contributed by atoms with Gasteiger partial charge in [-0.3, -0.25) is 9.58 Å². The molecule has 0 spiro atoms. The summed E-state index contributed by atoms with van der Waals surface area (Å²) < 4.78 is 7.86. The van der Waals surface area contributed by atoms with E-state index in [4.69, 9.17) is 4.74 Å². The van der Waals surface area contributed by atoms with E-state index in [0.29, 0.717) is 12.1 Å². The first-order valence-corrected chi connectivity index (χ1v) is 9.03. The number of rotatable bonds is 7. The van der Waals surface area contributed by atoms with Crippen LogP contribution in [0.3, 0.4) is 0 Å². The molecule has 0 radical (unpaired) electrons. The molecule has 0 bridgehead atoms. The van der Waals surface area contributed by atoms with Gasteiger partial charge in [0.25, 0.3) is 0 Å². The summed E-state index contributed by atoms with van der Waals surface area (Å²) in [6.45, 7) is 8.15. The lowest BCUT2D eigenvalue weighted by Crippen LogP contribution is -2.31. The number of ether oxygens (including phenoxy) is 1. The van der Waals surface area contributed by atoms with Gasteiger partial charge < -0.3 is 4.74 Å². The molecule has 0 saturated carbocycles. The van der Waals surface area contributed by atoms with Gasteiger partial charge in [0.1, 0.15) is 0 Å². The normalized spacial score (nSPS) is 18.6. The number of thiophene rings is 1. The van der Waals surface area contributed by atoms with Crippen LogP contribution in [0.1, 0.15) is 43.9 Å². The summed E-state index contributed by atoms with van der Waals surface area (Å²) in [7, 11) is 0. The monoisotopic (exact) mass is 319 g/mol. The topological polar surface area (TPSA) is 30.3 Å². The minimum atomic E-state index is 0.388. The third-order valence-corrected chi connectivity index (χ3v) is 4.79. The molecule has 3 rings (SSSR count). The van der Waals surface area contributed by atoms with Crippen LogP contribution in [-0.4, -0.2) is 33.9 Å². The first-order chi connectivity index (χ1) is 10.7. The maximum atomic E-state index is 5.82. The molecular weight excluding hydrogens is 294 g/mol. The molecule has 1 aliphatic rings. The van der Waals surface area contributed by atoms with E-state index < -0.39 is 0 Å².